The molecule has 2 aromatic carbocycles. The largest absolute Gasteiger partial charge is 0.363 e. The van der Waals surface area contributed by atoms with Crippen LogP contribution in [0.15, 0.2) is 29.1 Å². The Morgan fingerprint density at radius 3 is 2.24 bits per heavy atom. The zero-order valence-electron chi connectivity index (χ0n) is 13.2. The second kappa shape index (κ2) is 4.99. The van der Waals surface area contributed by atoms with Crippen molar-refractivity contribution in [3.8, 4) is 11.1 Å². The van der Waals surface area contributed by atoms with Crippen molar-refractivity contribution in [1.82, 2.24) is 0 Å². The molecule has 1 heterocycles. The highest BCUT2D eigenvalue weighted by molar-refractivity contribution is 7.19. The Morgan fingerprint density at radius 2 is 1.62 bits per heavy atom. The zero-order chi connectivity index (χ0) is 15.3. The van der Waals surface area contributed by atoms with Crippen molar-refractivity contribution in [1.29, 1.82) is 0 Å². The summed E-state index contributed by atoms with van der Waals surface area (Å²) >= 11 is 1.77. The van der Waals surface area contributed by atoms with Crippen LogP contribution in [0.3, 0.4) is 0 Å². The fourth-order valence-corrected chi connectivity index (χ4v) is 4.30. The molecule has 0 saturated heterocycles. The second-order valence-electron chi connectivity index (χ2n) is 6.18. The topological polar surface area (TPSA) is 20.3 Å². The molecule has 0 N–H and O–H groups in total. The van der Waals surface area contributed by atoms with Crippen molar-refractivity contribution in [3.63, 3.8) is 0 Å². The molecule has 0 unspecified atom stereocenters. The minimum absolute atomic E-state index is 0.226. The van der Waals surface area contributed by atoms with Crippen LogP contribution in [0, 0.1) is 6.92 Å². The molecule has 0 saturated carbocycles. The number of anilines is 1. The van der Waals surface area contributed by atoms with Crippen LogP contribution in [-0.4, -0.2) is 12.1 Å². The fraction of sp³-hybridized carbons (Fsp3) is 0.389. The third kappa shape index (κ3) is 2.20. The van der Waals surface area contributed by atoms with Crippen molar-refractivity contribution in [3.05, 3.63) is 39.4 Å². The molecule has 1 aromatic heterocycles. The highest BCUT2D eigenvalue weighted by Gasteiger charge is 2.34. The van der Waals surface area contributed by atoms with Crippen LogP contribution in [0.25, 0.3) is 21.2 Å². The van der Waals surface area contributed by atoms with E-state index in [9.17, 15) is 4.79 Å². The van der Waals surface area contributed by atoms with Gasteiger partial charge in [-0.1, -0.05) is 18.2 Å². The first-order valence-electron chi connectivity index (χ1n) is 7.49. The molecule has 2 nitrogen and oxygen atoms in total. The molecule has 0 atom stereocenters. The van der Waals surface area contributed by atoms with Gasteiger partial charge >= 0.3 is 0 Å². The number of hydrogen-bond donors (Lipinski definition) is 0. The summed E-state index contributed by atoms with van der Waals surface area (Å²) in [5.41, 5.74) is 3.24. The Bertz CT molecular complexity index is 795. The molecule has 3 rings (SSSR count). The number of hydrogen-bond acceptors (Lipinski definition) is 3. The van der Waals surface area contributed by atoms with Crippen molar-refractivity contribution in [2.75, 3.05) is 4.90 Å². The maximum atomic E-state index is 12.5. The molecular weight excluding hydrogens is 278 g/mol. The van der Waals surface area contributed by atoms with E-state index in [1.165, 1.54) is 15.0 Å². The average Bonchev–Trinajstić information content (AvgIpc) is 2.90. The predicted molar refractivity (Wildman–Crippen MR) is 93.4 cm³/mol. The van der Waals surface area contributed by atoms with Crippen LogP contribution >= 0.6 is 11.3 Å². The Hall–Kier alpha value is -1.61. The Labute approximate surface area is 129 Å². The summed E-state index contributed by atoms with van der Waals surface area (Å²) in [7, 11) is 0. The molecule has 3 aromatic rings. The molecule has 0 amide bonds. The van der Waals surface area contributed by atoms with Gasteiger partial charge in [-0.25, -0.2) is 0 Å². The zero-order valence-corrected chi connectivity index (χ0v) is 14.0. The highest BCUT2D eigenvalue weighted by Crippen LogP contribution is 2.44. The first-order chi connectivity index (χ1) is 9.93. The minimum atomic E-state index is 0.226. The van der Waals surface area contributed by atoms with Crippen LogP contribution in [0.4, 0.5) is 5.69 Å². The van der Waals surface area contributed by atoms with Crippen molar-refractivity contribution in [2.45, 2.75) is 46.7 Å². The average molecular weight is 299 g/mol. The van der Waals surface area contributed by atoms with Gasteiger partial charge in [0.15, 0.2) is 0 Å². The molecule has 0 radical (unpaired) electrons. The Kier molecular flexibility index (Phi) is 3.40. The van der Waals surface area contributed by atoms with Crippen molar-refractivity contribution in [2.24, 2.45) is 0 Å². The van der Waals surface area contributed by atoms with E-state index in [1.807, 2.05) is 6.07 Å². The van der Waals surface area contributed by atoms with Gasteiger partial charge in [0, 0.05) is 32.6 Å². The van der Waals surface area contributed by atoms with Gasteiger partial charge in [0.05, 0.1) is 11.3 Å². The minimum Gasteiger partial charge on any atom is -0.363 e. The lowest BCUT2D eigenvalue weighted by atomic mass is 10.1. The third-order valence-electron chi connectivity index (χ3n) is 4.01. The molecule has 0 aliphatic carbocycles. The second-order valence-corrected chi connectivity index (χ2v) is 7.43. The van der Waals surface area contributed by atoms with Crippen LogP contribution < -0.4 is 10.3 Å². The van der Waals surface area contributed by atoms with E-state index < -0.39 is 0 Å². The predicted octanol–water partition coefficient (Wildman–Crippen LogP) is 4.74. The number of rotatable bonds is 4. The molecular formula is C18H21NOS. The van der Waals surface area contributed by atoms with E-state index in [2.05, 4.69) is 57.7 Å². The SMILES string of the molecule is Cc1sc2ccccc2c1-c1c(N(C(C)C)C(C)C)c1=O. The quantitative estimate of drug-likeness (QED) is 0.694. The monoisotopic (exact) mass is 299 g/mol. The lowest BCUT2D eigenvalue weighted by molar-refractivity contribution is 0.612. The summed E-state index contributed by atoms with van der Waals surface area (Å²) in [6, 6.07) is 9.04. The lowest BCUT2D eigenvalue weighted by Gasteiger charge is -2.29. The molecule has 0 spiro atoms. The van der Waals surface area contributed by atoms with E-state index in [4.69, 9.17) is 0 Å². The Morgan fingerprint density at radius 1 is 1.00 bits per heavy atom. The van der Waals surface area contributed by atoms with Crippen LogP contribution in [0.1, 0.15) is 32.6 Å². The highest BCUT2D eigenvalue weighted by atomic mass is 32.1. The van der Waals surface area contributed by atoms with Gasteiger partial charge in [-0.15, -0.1) is 11.3 Å². The number of thiophene rings is 1. The number of fused-ring (bicyclic) bond motifs is 1. The standard InChI is InChI=1S/C18H21NOS/c1-10(2)19(11(3)4)17-16(18(17)20)15-12(5)21-14-9-7-6-8-13(14)15/h6-11H,1-5H3. The summed E-state index contributed by atoms with van der Waals surface area (Å²) in [5, 5.41) is 1.21. The number of benzene rings is 1. The lowest BCUT2D eigenvalue weighted by Crippen LogP contribution is -2.36. The molecule has 110 valence electrons. The molecule has 0 aliphatic rings. The van der Waals surface area contributed by atoms with E-state index in [0.717, 1.165) is 16.8 Å². The van der Waals surface area contributed by atoms with Crippen LogP contribution in [0.5, 0.6) is 0 Å². The summed E-state index contributed by atoms with van der Waals surface area (Å²) in [5.74, 6) is 0. The maximum Gasteiger partial charge on any atom is 0.212 e. The molecule has 0 aliphatic heterocycles. The maximum absolute atomic E-state index is 12.5. The molecule has 0 bridgehead atoms. The van der Waals surface area contributed by atoms with E-state index >= 15 is 0 Å². The molecule has 3 heteroatoms. The van der Waals surface area contributed by atoms with E-state index in [0.29, 0.717) is 12.1 Å². The van der Waals surface area contributed by atoms with Crippen LogP contribution in [-0.2, 0) is 0 Å². The summed E-state index contributed by atoms with van der Waals surface area (Å²) < 4.78 is 1.26. The van der Waals surface area contributed by atoms with E-state index in [1.54, 1.807) is 11.3 Å². The van der Waals surface area contributed by atoms with Crippen molar-refractivity contribution >= 4 is 27.1 Å². The number of nitrogens with zero attached hydrogens (tertiary/aromatic N) is 1. The van der Waals surface area contributed by atoms with Gasteiger partial charge in [-0.2, -0.15) is 0 Å². The first-order valence-corrected chi connectivity index (χ1v) is 8.31. The fourth-order valence-electron chi connectivity index (χ4n) is 3.23. The smallest absolute Gasteiger partial charge is 0.212 e. The Balaban J connectivity index is 2.15. The van der Waals surface area contributed by atoms with Gasteiger partial charge < -0.3 is 4.90 Å². The van der Waals surface area contributed by atoms with Gasteiger partial charge in [-0.05, 0) is 40.7 Å². The summed E-state index contributed by atoms with van der Waals surface area (Å²) in [6.07, 6.45) is 0. The van der Waals surface area contributed by atoms with Gasteiger partial charge in [0.2, 0.25) is 5.43 Å². The van der Waals surface area contributed by atoms with Gasteiger partial charge in [-0.3, -0.25) is 4.79 Å². The summed E-state index contributed by atoms with van der Waals surface area (Å²) in [6.45, 7) is 10.7. The summed E-state index contributed by atoms with van der Waals surface area (Å²) in [4.78, 5) is 15.9. The normalized spacial score (nSPS) is 12.1. The first kappa shape index (κ1) is 14.3. The third-order valence-corrected chi connectivity index (χ3v) is 5.10. The van der Waals surface area contributed by atoms with Crippen LogP contribution in [0.2, 0.25) is 0 Å². The van der Waals surface area contributed by atoms with Gasteiger partial charge in [0.1, 0.15) is 0 Å². The van der Waals surface area contributed by atoms with Crippen molar-refractivity contribution < 1.29 is 0 Å². The molecule has 21 heavy (non-hydrogen) atoms. The molecule has 0 fully saturated rings. The van der Waals surface area contributed by atoms with E-state index in [-0.39, 0.29) is 5.43 Å². The number of aryl methyl sites for hydroxylation is 1. The van der Waals surface area contributed by atoms with Gasteiger partial charge in [0.25, 0.3) is 0 Å².